The quantitative estimate of drug-likeness (QED) is 0.864. The minimum absolute atomic E-state index is 0.143. The summed E-state index contributed by atoms with van der Waals surface area (Å²) in [6, 6.07) is 12.4. The highest BCUT2D eigenvalue weighted by Gasteiger charge is 2.18. The molecule has 0 radical (unpaired) electrons. The lowest BCUT2D eigenvalue weighted by Crippen LogP contribution is -2.38. The van der Waals surface area contributed by atoms with Gasteiger partial charge in [0.2, 0.25) is 0 Å². The molecule has 0 bridgehead atoms. The van der Waals surface area contributed by atoms with E-state index in [2.05, 4.69) is 54.5 Å². The van der Waals surface area contributed by atoms with Crippen LogP contribution in [-0.4, -0.2) is 23.2 Å². The van der Waals surface area contributed by atoms with Gasteiger partial charge in [-0.25, -0.2) is 0 Å². The fraction of sp³-hybridized carbons (Fsp3) is 0.312. The van der Waals surface area contributed by atoms with Gasteiger partial charge in [0.15, 0.2) is 0 Å². The van der Waals surface area contributed by atoms with Crippen molar-refractivity contribution in [3.8, 4) is 11.1 Å². The van der Waals surface area contributed by atoms with Crippen LogP contribution >= 0.6 is 0 Å². The normalized spacial score (nSPS) is 11.5. The number of pyridine rings is 1. The topological polar surface area (TPSA) is 45.1 Å². The van der Waals surface area contributed by atoms with Gasteiger partial charge < -0.3 is 10.4 Å². The average molecular weight is 256 g/mol. The van der Waals surface area contributed by atoms with Crippen LogP contribution < -0.4 is 5.32 Å². The van der Waals surface area contributed by atoms with E-state index in [4.69, 9.17) is 5.11 Å². The van der Waals surface area contributed by atoms with Crippen molar-refractivity contribution >= 4 is 0 Å². The van der Waals surface area contributed by atoms with Gasteiger partial charge in [-0.05, 0) is 36.6 Å². The molecule has 0 aliphatic heterocycles. The number of aliphatic hydroxyl groups excluding tert-OH is 1. The van der Waals surface area contributed by atoms with E-state index < -0.39 is 0 Å². The monoisotopic (exact) mass is 256 g/mol. The summed E-state index contributed by atoms with van der Waals surface area (Å²) in [4.78, 5) is 4.13. The van der Waals surface area contributed by atoms with Crippen LogP contribution in [0.1, 0.15) is 19.4 Å². The minimum atomic E-state index is -0.143. The second-order valence-electron chi connectivity index (χ2n) is 5.09. The Morgan fingerprint density at radius 3 is 2.42 bits per heavy atom. The van der Waals surface area contributed by atoms with E-state index >= 15 is 0 Å². The van der Waals surface area contributed by atoms with E-state index in [0.717, 1.165) is 11.1 Å². The van der Waals surface area contributed by atoms with Gasteiger partial charge in [-0.15, -0.1) is 0 Å². The van der Waals surface area contributed by atoms with Crippen molar-refractivity contribution in [1.29, 1.82) is 0 Å². The molecule has 3 nitrogen and oxygen atoms in total. The minimum Gasteiger partial charge on any atom is -0.395 e. The molecule has 100 valence electrons. The lowest BCUT2D eigenvalue weighted by molar-refractivity contribution is 0.267. The molecule has 0 fully saturated rings. The molecule has 0 saturated heterocycles. The molecule has 2 rings (SSSR count). The van der Waals surface area contributed by atoms with Crippen molar-refractivity contribution in [2.24, 2.45) is 0 Å². The lowest BCUT2D eigenvalue weighted by Gasteiger charge is -2.27. The summed E-state index contributed by atoms with van der Waals surface area (Å²) >= 11 is 0. The van der Waals surface area contributed by atoms with Crippen LogP contribution in [-0.2, 0) is 5.54 Å². The van der Waals surface area contributed by atoms with Gasteiger partial charge in [-0.1, -0.05) is 30.3 Å². The van der Waals surface area contributed by atoms with Crippen LogP contribution in [0.2, 0.25) is 0 Å². The van der Waals surface area contributed by atoms with Crippen LogP contribution in [0.5, 0.6) is 0 Å². The maximum absolute atomic E-state index is 8.90. The summed E-state index contributed by atoms with van der Waals surface area (Å²) in [5.41, 5.74) is 3.34. The number of nitrogens with one attached hydrogen (secondary N) is 1. The second kappa shape index (κ2) is 5.95. The molecule has 1 aromatic heterocycles. The van der Waals surface area contributed by atoms with E-state index in [0.29, 0.717) is 6.54 Å². The third-order valence-electron chi connectivity index (χ3n) is 3.28. The largest absolute Gasteiger partial charge is 0.395 e. The highest BCUT2D eigenvalue weighted by atomic mass is 16.3. The zero-order valence-electron chi connectivity index (χ0n) is 11.4. The fourth-order valence-corrected chi connectivity index (χ4v) is 2.08. The first-order chi connectivity index (χ1) is 9.13. The number of aromatic nitrogens is 1. The van der Waals surface area contributed by atoms with Gasteiger partial charge in [0.25, 0.3) is 0 Å². The number of rotatable bonds is 5. The summed E-state index contributed by atoms with van der Waals surface area (Å²) in [5.74, 6) is 0. The van der Waals surface area contributed by atoms with Gasteiger partial charge in [0, 0.05) is 24.5 Å². The summed E-state index contributed by atoms with van der Waals surface area (Å²) < 4.78 is 0. The smallest absolute Gasteiger partial charge is 0.0556 e. The number of hydrogen-bond donors (Lipinski definition) is 2. The molecule has 1 heterocycles. The molecule has 0 amide bonds. The van der Waals surface area contributed by atoms with Gasteiger partial charge in [0.05, 0.1) is 6.61 Å². The Kier molecular flexibility index (Phi) is 4.30. The Balaban J connectivity index is 2.19. The molecular formula is C16H20N2O. The standard InChI is InChI=1S/C16H20N2O/c1-16(2,18-10-11-19)15-7-5-13(6-8-15)14-4-3-9-17-12-14/h3-9,12,18-19H,10-11H2,1-2H3. The molecule has 0 atom stereocenters. The highest BCUT2D eigenvalue weighted by Crippen LogP contribution is 2.24. The van der Waals surface area contributed by atoms with E-state index in [1.165, 1.54) is 5.56 Å². The molecule has 2 N–H and O–H groups in total. The third kappa shape index (κ3) is 3.40. The predicted octanol–water partition coefficient (Wildman–Crippen LogP) is 2.57. The Hall–Kier alpha value is -1.71. The first-order valence-corrected chi connectivity index (χ1v) is 6.50. The van der Waals surface area contributed by atoms with Crippen LogP contribution in [0.25, 0.3) is 11.1 Å². The Bertz CT molecular complexity index is 506. The fourth-order valence-electron chi connectivity index (χ4n) is 2.08. The summed E-state index contributed by atoms with van der Waals surface area (Å²) in [5, 5.41) is 12.2. The van der Waals surface area contributed by atoms with Crippen molar-refractivity contribution in [1.82, 2.24) is 10.3 Å². The van der Waals surface area contributed by atoms with Crippen LogP contribution in [0.15, 0.2) is 48.8 Å². The molecule has 0 saturated carbocycles. The molecule has 0 aliphatic carbocycles. The Labute approximate surface area is 114 Å². The van der Waals surface area contributed by atoms with Crippen molar-refractivity contribution in [2.45, 2.75) is 19.4 Å². The van der Waals surface area contributed by atoms with E-state index in [1.807, 2.05) is 12.3 Å². The van der Waals surface area contributed by atoms with E-state index in [9.17, 15) is 0 Å². The maximum atomic E-state index is 8.90. The predicted molar refractivity (Wildman–Crippen MR) is 77.8 cm³/mol. The molecule has 0 unspecified atom stereocenters. The first-order valence-electron chi connectivity index (χ1n) is 6.50. The van der Waals surface area contributed by atoms with Gasteiger partial charge in [-0.3, -0.25) is 4.98 Å². The maximum Gasteiger partial charge on any atom is 0.0556 e. The summed E-state index contributed by atoms with van der Waals surface area (Å²) in [6.07, 6.45) is 3.64. The molecular weight excluding hydrogens is 236 g/mol. The summed E-state index contributed by atoms with van der Waals surface area (Å²) in [6.45, 7) is 4.97. The lowest BCUT2D eigenvalue weighted by atomic mass is 9.92. The zero-order chi connectivity index (χ0) is 13.7. The van der Waals surface area contributed by atoms with Crippen LogP contribution in [0, 0.1) is 0 Å². The molecule has 19 heavy (non-hydrogen) atoms. The third-order valence-corrected chi connectivity index (χ3v) is 3.28. The van der Waals surface area contributed by atoms with Crippen molar-refractivity contribution in [3.05, 3.63) is 54.4 Å². The number of benzene rings is 1. The average Bonchev–Trinajstić information content (AvgIpc) is 2.46. The van der Waals surface area contributed by atoms with Crippen molar-refractivity contribution in [2.75, 3.05) is 13.2 Å². The van der Waals surface area contributed by atoms with Crippen LogP contribution in [0.3, 0.4) is 0 Å². The van der Waals surface area contributed by atoms with Crippen molar-refractivity contribution in [3.63, 3.8) is 0 Å². The number of nitrogens with zero attached hydrogens (tertiary/aromatic N) is 1. The molecule has 3 heteroatoms. The number of hydrogen-bond acceptors (Lipinski definition) is 3. The van der Waals surface area contributed by atoms with Gasteiger partial charge in [0.1, 0.15) is 0 Å². The van der Waals surface area contributed by atoms with Gasteiger partial charge in [-0.2, -0.15) is 0 Å². The molecule has 1 aromatic carbocycles. The summed E-state index contributed by atoms with van der Waals surface area (Å²) in [7, 11) is 0. The van der Waals surface area contributed by atoms with Crippen LogP contribution in [0.4, 0.5) is 0 Å². The zero-order valence-corrected chi connectivity index (χ0v) is 11.4. The number of aliphatic hydroxyl groups is 1. The van der Waals surface area contributed by atoms with E-state index in [1.54, 1.807) is 6.20 Å². The highest BCUT2D eigenvalue weighted by molar-refractivity contribution is 5.62. The molecule has 2 aromatic rings. The molecule has 0 spiro atoms. The van der Waals surface area contributed by atoms with Crippen molar-refractivity contribution < 1.29 is 5.11 Å². The SMILES string of the molecule is CC(C)(NCCO)c1ccc(-c2cccnc2)cc1. The molecule has 0 aliphatic rings. The first kappa shape index (κ1) is 13.7. The van der Waals surface area contributed by atoms with E-state index in [-0.39, 0.29) is 12.1 Å². The van der Waals surface area contributed by atoms with Gasteiger partial charge >= 0.3 is 0 Å². The Morgan fingerprint density at radius 2 is 1.84 bits per heavy atom. The Morgan fingerprint density at radius 1 is 1.11 bits per heavy atom. The second-order valence-corrected chi connectivity index (χ2v) is 5.09.